The minimum absolute atomic E-state index is 0.633. The number of pyridine rings is 1. The molecule has 0 atom stereocenters. The van der Waals surface area contributed by atoms with Crippen molar-refractivity contribution in [3.63, 3.8) is 0 Å². The lowest BCUT2D eigenvalue weighted by atomic mass is 9.90. The first-order valence-corrected chi connectivity index (χ1v) is 16.4. The Labute approximate surface area is 275 Å². The summed E-state index contributed by atoms with van der Waals surface area (Å²) in [7, 11) is 0. The van der Waals surface area contributed by atoms with Crippen LogP contribution in [0, 0.1) is 0 Å². The van der Waals surface area contributed by atoms with Crippen LogP contribution in [-0.4, -0.2) is 19.9 Å². The van der Waals surface area contributed by atoms with E-state index in [1.807, 2.05) is 54.9 Å². The highest BCUT2D eigenvalue weighted by Gasteiger charge is 2.17. The zero-order valence-electron chi connectivity index (χ0n) is 25.2. The molecule has 6 aromatic carbocycles. The molecule has 3 aromatic heterocycles. The van der Waals surface area contributed by atoms with E-state index < -0.39 is 0 Å². The Hall–Kier alpha value is -6.04. The van der Waals surface area contributed by atoms with Crippen molar-refractivity contribution in [1.82, 2.24) is 19.9 Å². The number of nitrogens with zero attached hydrogens (tertiary/aromatic N) is 4. The molecule has 9 aromatic rings. The van der Waals surface area contributed by atoms with E-state index in [1.54, 1.807) is 11.3 Å². The van der Waals surface area contributed by atoms with Crippen molar-refractivity contribution in [3.05, 3.63) is 158 Å². The summed E-state index contributed by atoms with van der Waals surface area (Å²) in [5.41, 5.74) is 6.29. The molecule has 0 N–H and O–H groups in total. The normalized spacial score (nSPS) is 11.4. The highest BCUT2D eigenvalue weighted by Crippen LogP contribution is 2.39. The van der Waals surface area contributed by atoms with Crippen LogP contribution >= 0.6 is 11.3 Å². The lowest BCUT2D eigenvalue weighted by Crippen LogP contribution is -2.00. The standard InChI is InChI=1S/C42H26N4S/c1-2-10-28(11-3-1)40-44-41(46-42(45-40)39-26-30-13-5-9-17-38(30)47-39)33-23-31(27-18-20-43-21-19-27)22-32(24-33)37-25-29-12-4-6-14-34(29)35-15-7-8-16-36(35)37/h1-26H. The fourth-order valence-corrected chi connectivity index (χ4v) is 7.34. The Morgan fingerprint density at radius 2 is 1.00 bits per heavy atom. The Morgan fingerprint density at radius 1 is 0.383 bits per heavy atom. The molecule has 3 heterocycles. The average molecular weight is 619 g/mol. The predicted molar refractivity (Wildman–Crippen MR) is 195 cm³/mol. The quantitative estimate of drug-likeness (QED) is 0.180. The van der Waals surface area contributed by atoms with Crippen molar-refractivity contribution < 1.29 is 0 Å². The van der Waals surface area contributed by atoms with Gasteiger partial charge < -0.3 is 0 Å². The largest absolute Gasteiger partial charge is 0.265 e. The second kappa shape index (κ2) is 11.4. The molecule has 0 bridgehead atoms. The molecule has 9 rings (SSSR count). The van der Waals surface area contributed by atoms with Gasteiger partial charge in [0.15, 0.2) is 17.5 Å². The van der Waals surface area contributed by atoms with Gasteiger partial charge in [-0.2, -0.15) is 0 Å². The van der Waals surface area contributed by atoms with Crippen molar-refractivity contribution >= 4 is 43.0 Å². The van der Waals surface area contributed by atoms with Gasteiger partial charge in [-0.05, 0) is 97.7 Å². The Kier molecular flexibility index (Phi) is 6.61. The second-order valence-electron chi connectivity index (χ2n) is 11.5. The molecule has 47 heavy (non-hydrogen) atoms. The van der Waals surface area contributed by atoms with Gasteiger partial charge in [0.05, 0.1) is 4.88 Å². The predicted octanol–water partition coefficient (Wildman–Crippen LogP) is 11.1. The monoisotopic (exact) mass is 618 g/mol. The van der Waals surface area contributed by atoms with Crippen LogP contribution in [0.5, 0.6) is 0 Å². The van der Waals surface area contributed by atoms with E-state index in [4.69, 9.17) is 15.0 Å². The number of fused-ring (bicyclic) bond motifs is 4. The van der Waals surface area contributed by atoms with Gasteiger partial charge in [-0.15, -0.1) is 11.3 Å². The number of benzene rings is 6. The number of thiophene rings is 1. The molecule has 4 nitrogen and oxygen atoms in total. The number of aromatic nitrogens is 4. The van der Waals surface area contributed by atoms with Gasteiger partial charge in [-0.3, -0.25) is 4.98 Å². The third-order valence-corrected chi connectivity index (χ3v) is 9.71. The van der Waals surface area contributed by atoms with Crippen molar-refractivity contribution in [3.8, 4) is 55.7 Å². The maximum absolute atomic E-state index is 5.15. The van der Waals surface area contributed by atoms with Gasteiger partial charge in [0.25, 0.3) is 0 Å². The summed E-state index contributed by atoms with van der Waals surface area (Å²) in [6.45, 7) is 0. The number of rotatable bonds is 5. The van der Waals surface area contributed by atoms with Crippen LogP contribution in [0.4, 0.5) is 0 Å². The molecule has 0 fully saturated rings. The smallest absolute Gasteiger partial charge is 0.174 e. The van der Waals surface area contributed by atoms with Crippen LogP contribution < -0.4 is 0 Å². The molecule has 5 heteroatoms. The molecular weight excluding hydrogens is 593 g/mol. The van der Waals surface area contributed by atoms with Gasteiger partial charge in [0.2, 0.25) is 0 Å². The molecule has 0 spiro atoms. The highest BCUT2D eigenvalue weighted by atomic mass is 32.1. The first kappa shape index (κ1) is 27.3. The first-order chi connectivity index (χ1) is 23.3. The summed E-state index contributed by atoms with van der Waals surface area (Å²) < 4.78 is 1.20. The van der Waals surface area contributed by atoms with Crippen LogP contribution in [0.15, 0.2) is 158 Å². The van der Waals surface area contributed by atoms with Crippen molar-refractivity contribution in [2.75, 3.05) is 0 Å². The van der Waals surface area contributed by atoms with E-state index in [2.05, 4.69) is 108 Å². The minimum Gasteiger partial charge on any atom is -0.265 e. The summed E-state index contributed by atoms with van der Waals surface area (Å²) in [5, 5.41) is 6.07. The highest BCUT2D eigenvalue weighted by molar-refractivity contribution is 7.22. The summed E-state index contributed by atoms with van der Waals surface area (Å²) in [4.78, 5) is 20.6. The van der Waals surface area contributed by atoms with E-state index in [1.165, 1.54) is 37.2 Å². The lowest BCUT2D eigenvalue weighted by molar-refractivity contribution is 1.08. The molecule has 0 unspecified atom stereocenters. The summed E-state index contributed by atoms with van der Waals surface area (Å²) >= 11 is 1.70. The van der Waals surface area contributed by atoms with Crippen molar-refractivity contribution in [1.29, 1.82) is 0 Å². The number of hydrogen-bond donors (Lipinski definition) is 0. The molecular formula is C42H26N4S. The third-order valence-electron chi connectivity index (χ3n) is 8.60. The topological polar surface area (TPSA) is 51.6 Å². The maximum atomic E-state index is 5.15. The van der Waals surface area contributed by atoms with Crippen LogP contribution in [-0.2, 0) is 0 Å². The fourth-order valence-electron chi connectivity index (χ4n) is 6.34. The zero-order valence-corrected chi connectivity index (χ0v) is 26.0. The molecule has 0 aliphatic heterocycles. The summed E-state index contributed by atoms with van der Waals surface area (Å²) in [6.07, 6.45) is 3.67. The molecule has 0 amide bonds. The fraction of sp³-hybridized carbons (Fsp3) is 0. The SMILES string of the molecule is c1ccc(-c2nc(-c3cc(-c4ccncc4)cc(-c4cc5ccccc5c5ccccc45)c3)nc(-c3cc4ccccc4s3)n2)cc1. The van der Waals surface area contributed by atoms with Crippen molar-refractivity contribution in [2.45, 2.75) is 0 Å². The average Bonchev–Trinajstić information content (AvgIpc) is 3.60. The van der Waals surface area contributed by atoms with Gasteiger partial charge in [0, 0.05) is 28.2 Å². The summed E-state index contributed by atoms with van der Waals surface area (Å²) in [5.74, 6) is 1.95. The zero-order chi connectivity index (χ0) is 31.2. The molecule has 0 radical (unpaired) electrons. The molecule has 0 aliphatic rings. The van der Waals surface area contributed by atoms with Crippen LogP contribution in [0.1, 0.15) is 0 Å². The minimum atomic E-state index is 0.633. The van der Waals surface area contributed by atoms with E-state index in [0.29, 0.717) is 17.5 Å². The first-order valence-electron chi connectivity index (χ1n) is 15.5. The Bertz CT molecular complexity index is 2540. The molecule has 0 aliphatic carbocycles. The van der Waals surface area contributed by atoms with Crippen molar-refractivity contribution in [2.24, 2.45) is 0 Å². The number of hydrogen-bond acceptors (Lipinski definition) is 5. The maximum Gasteiger partial charge on any atom is 0.174 e. The third kappa shape index (κ3) is 5.03. The lowest BCUT2D eigenvalue weighted by Gasteiger charge is -2.15. The Balaban J connectivity index is 1.31. The van der Waals surface area contributed by atoms with Gasteiger partial charge in [-0.1, -0.05) is 97.1 Å². The van der Waals surface area contributed by atoms with Gasteiger partial charge >= 0.3 is 0 Å². The Morgan fingerprint density at radius 3 is 1.81 bits per heavy atom. The second-order valence-corrected chi connectivity index (χ2v) is 12.6. The van der Waals surface area contributed by atoms with E-state index >= 15 is 0 Å². The van der Waals surface area contributed by atoms with E-state index in [-0.39, 0.29) is 0 Å². The van der Waals surface area contributed by atoms with Crippen LogP contribution in [0.3, 0.4) is 0 Å². The molecule has 0 saturated heterocycles. The molecule has 0 saturated carbocycles. The van der Waals surface area contributed by atoms with Crippen LogP contribution in [0.2, 0.25) is 0 Å². The van der Waals surface area contributed by atoms with Crippen LogP contribution in [0.25, 0.3) is 87.4 Å². The summed E-state index contributed by atoms with van der Waals surface area (Å²) in [6, 6.07) is 51.1. The van der Waals surface area contributed by atoms with E-state index in [0.717, 1.165) is 32.7 Å². The molecule has 220 valence electrons. The van der Waals surface area contributed by atoms with Gasteiger partial charge in [-0.25, -0.2) is 15.0 Å². The van der Waals surface area contributed by atoms with Gasteiger partial charge in [0.1, 0.15) is 0 Å². The van der Waals surface area contributed by atoms with E-state index in [9.17, 15) is 0 Å².